The summed E-state index contributed by atoms with van der Waals surface area (Å²) in [6, 6.07) is 9.57. The third-order valence-corrected chi connectivity index (χ3v) is 4.00. The first-order valence-electron chi connectivity index (χ1n) is 6.84. The van der Waals surface area contributed by atoms with Gasteiger partial charge in [0.1, 0.15) is 0 Å². The Bertz CT molecular complexity index is 467. The summed E-state index contributed by atoms with van der Waals surface area (Å²) in [4.78, 5) is 26.2. The SMILES string of the molecule is CC(C)[C@H]1CC(=O)[C@@H](Cc2ccccc2)N(C)C1=O. The van der Waals surface area contributed by atoms with Gasteiger partial charge in [0.25, 0.3) is 0 Å². The van der Waals surface area contributed by atoms with E-state index in [4.69, 9.17) is 0 Å². The Labute approximate surface area is 114 Å². The normalized spacial score (nSPS) is 24.1. The van der Waals surface area contributed by atoms with Crippen LogP contribution in [0.15, 0.2) is 30.3 Å². The monoisotopic (exact) mass is 259 g/mol. The molecule has 0 aromatic heterocycles. The highest BCUT2D eigenvalue weighted by Crippen LogP contribution is 2.27. The van der Waals surface area contributed by atoms with Crippen LogP contribution in [0.1, 0.15) is 25.8 Å². The number of rotatable bonds is 3. The lowest BCUT2D eigenvalue weighted by Crippen LogP contribution is -2.53. The molecule has 102 valence electrons. The number of carbonyl (C=O) groups excluding carboxylic acids is 2. The quantitative estimate of drug-likeness (QED) is 0.835. The fourth-order valence-corrected chi connectivity index (χ4v) is 2.68. The standard InChI is InChI=1S/C16H21NO2/c1-11(2)13-10-15(18)14(17(3)16(13)19)9-12-7-5-4-6-8-12/h4-8,11,13-14H,9-10H2,1-3H3/t13-,14-/m1/s1. The molecule has 1 saturated heterocycles. The zero-order valence-electron chi connectivity index (χ0n) is 11.8. The molecule has 0 saturated carbocycles. The lowest BCUT2D eigenvalue weighted by Gasteiger charge is -2.37. The molecule has 2 atom stereocenters. The molecule has 2 rings (SSSR count). The van der Waals surface area contributed by atoms with E-state index in [1.54, 1.807) is 11.9 Å². The predicted octanol–water partition coefficient (Wildman–Crippen LogP) is 2.30. The average molecular weight is 259 g/mol. The number of piperidine rings is 1. The third-order valence-electron chi connectivity index (χ3n) is 4.00. The first-order chi connectivity index (χ1) is 9.00. The van der Waals surface area contributed by atoms with Gasteiger partial charge in [0.15, 0.2) is 5.78 Å². The highest BCUT2D eigenvalue weighted by atomic mass is 16.2. The molecule has 0 unspecified atom stereocenters. The molecule has 3 nitrogen and oxygen atoms in total. The van der Waals surface area contributed by atoms with E-state index in [2.05, 4.69) is 0 Å². The maximum atomic E-state index is 12.3. The van der Waals surface area contributed by atoms with Gasteiger partial charge in [0, 0.05) is 19.4 Å². The molecule has 0 aliphatic carbocycles. The van der Waals surface area contributed by atoms with Crippen LogP contribution in [0, 0.1) is 11.8 Å². The van der Waals surface area contributed by atoms with Crippen molar-refractivity contribution in [2.75, 3.05) is 7.05 Å². The van der Waals surface area contributed by atoms with E-state index in [0.29, 0.717) is 12.8 Å². The summed E-state index contributed by atoms with van der Waals surface area (Å²) in [5, 5.41) is 0. The van der Waals surface area contributed by atoms with E-state index in [-0.39, 0.29) is 29.6 Å². The van der Waals surface area contributed by atoms with Crippen molar-refractivity contribution < 1.29 is 9.59 Å². The molecule has 1 aliphatic heterocycles. The maximum absolute atomic E-state index is 12.3. The van der Waals surface area contributed by atoms with Crippen molar-refractivity contribution in [3.63, 3.8) is 0 Å². The fourth-order valence-electron chi connectivity index (χ4n) is 2.68. The van der Waals surface area contributed by atoms with Gasteiger partial charge in [-0.05, 0) is 17.9 Å². The minimum absolute atomic E-state index is 0.107. The van der Waals surface area contributed by atoms with E-state index in [9.17, 15) is 9.59 Å². The Morgan fingerprint density at radius 3 is 2.42 bits per heavy atom. The van der Waals surface area contributed by atoms with Gasteiger partial charge in [-0.1, -0.05) is 44.2 Å². The zero-order valence-corrected chi connectivity index (χ0v) is 11.8. The van der Waals surface area contributed by atoms with E-state index in [0.717, 1.165) is 5.56 Å². The summed E-state index contributed by atoms with van der Waals surface area (Å²) >= 11 is 0. The fraction of sp³-hybridized carbons (Fsp3) is 0.500. The molecule has 0 N–H and O–H groups in total. The minimum Gasteiger partial charge on any atom is -0.335 e. The highest BCUT2D eigenvalue weighted by molar-refractivity contribution is 5.96. The van der Waals surface area contributed by atoms with Crippen LogP contribution in [0.4, 0.5) is 0 Å². The number of Topliss-reactive ketones (excluding diaryl/α,β-unsaturated/α-hetero) is 1. The summed E-state index contributed by atoms with van der Waals surface area (Å²) in [6.07, 6.45) is 1.01. The topological polar surface area (TPSA) is 37.4 Å². The van der Waals surface area contributed by atoms with E-state index >= 15 is 0 Å². The van der Waals surface area contributed by atoms with Gasteiger partial charge < -0.3 is 4.90 Å². The second-order valence-corrected chi connectivity index (χ2v) is 5.68. The maximum Gasteiger partial charge on any atom is 0.226 e. The molecule has 0 radical (unpaired) electrons. The molecule has 1 aliphatic rings. The second kappa shape index (κ2) is 5.55. The number of nitrogens with zero attached hydrogens (tertiary/aromatic N) is 1. The molecule has 0 bridgehead atoms. The summed E-state index contributed by atoms with van der Waals surface area (Å²) in [5.74, 6) is 0.362. The van der Waals surface area contributed by atoms with Crippen molar-refractivity contribution in [2.45, 2.75) is 32.7 Å². The van der Waals surface area contributed by atoms with Crippen LogP contribution in [0.3, 0.4) is 0 Å². The molecule has 1 aromatic carbocycles. The van der Waals surface area contributed by atoms with Crippen LogP contribution in [0.2, 0.25) is 0 Å². The molecule has 1 amide bonds. The molecule has 3 heteroatoms. The van der Waals surface area contributed by atoms with Gasteiger partial charge in [-0.15, -0.1) is 0 Å². The molecular formula is C16H21NO2. The molecular weight excluding hydrogens is 238 g/mol. The summed E-state index contributed by atoms with van der Waals surface area (Å²) < 4.78 is 0. The van der Waals surface area contributed by atoms with Crippen LogP contribution in [0.5, 0.6) is 0 Å². The summed E-state index contributed by atoms with van der Waals surface area (Å²) in [7, 11) is 1.75. The number of benzene rings is 1. The van der Waals surface area contributed by atoms with Crippen molar-refractivity contribution >= 4 is 11.7 Å². The van der Waals surface area contributed by atoms with Crippen molar-refractivity contribution in [3.05, 3.63) is 35.9 Å². The Morgan fingerprint density at radius 1 is 1.21 bits per heavy atom. The lowest BCUT2D eigenvalue weighted by atomic mass is 9.82. The van der Waals surface area contributed by atoms with E-state index < -0.39 is 0 Å². The molecule has 1 aromatic rings. The third kappa shape index (κ3) is 2.86. The van der Waals surface area contributed by atoms with Crippen LogP contribution >= 0.6 is 0 Å². The number of ketones is 1. The van der Waals surface area contributed by atoms with Crippen molar-refractivity contribution in [1.29, 1.82) is 0 Å². The van der Waals surface area contributed by atoms with Crippen LogP contribution in [0.25, 0.3) is 0 Å². The van der Waals surface area contributed by atoms with Gasteiger partial charge in [-0.25, -0.2) is 0 Å². The number of hydrogen-bond donors (Lipinski definition) is 0. The predicted molar refractivity (Wildman–Crippen MR) is 74.7 cm³/mol. The largest absolute Gasteiger partial charge is 0.335 e. The highest BCUT2D eigenvalue weighted by Gasteiger charge is 2.39. The number of carbonyl (C=O) groups is 2. The number of likely N-dealkylation sites (N-methyl/N-ethyl adjacent to an activating group) is 1. The van der Waals surface area contributed by atoms with Gasteiger partial charge in [-0.3, -0.25) is 9.59 Å². The molecule has 1 heterocycles. The first-order valence-corrected chi connectivity index (χ1v) is 6.84. The second-order valence-electron chi connectivity index (χ2n) is 5.68. The number of hydrogen-bond acceptors (Lipinski definition) is 2. The van der Waals surface area contributed by atoms with Crippen LogP contribution in [-0.4, -0.2) is 29.7 Å². The van der Waals surface area contributed by atoms with Crippen LogP contribution < -0.4 is 0 Å². The van der Waals surface area contributed by atoms with Crippen molar-refractivity contribution in [2.24, 2.45) is 11.8 Å². The molecule has 19 heavy (non-hydrogen) atoms. The summed E-state index contributed by atoms with van der Waals surface area (Å²) in [6.45, 7) is 4.00. The lowest BCUT2D eigenvalue weighted by molar-refractivity contribution is -0.149. The van der Waals surface area contributed by atoms with Crippen LogP contribution in [-0.2, 0) is 16.0 Å². The Balaban J connectivity index is 2.15. The smallest absolute Gasteiger partial charge is 0.226 e. The van der Waals surface area contributed by atoms with Gasteiger partial charge in [0.05, 0.1) is 6.04 Å². The van der Waals surface area contributed by atoms with Gasteiger partial charge >= 0.3 is 0 Å². The van der Waals surface area contributed by atoms with E-state index in [1.807, 2.05) is 44.2 Å². The van der Waals surface area contributed by atoms with E-state index in [1.165, 1.54) is 0 Å². The Hall–Kier alpha value is -1.64. The van der Waals surface area contributed by atoms with Crippen molar-refractivity contribution in [3.8, 4) is 0 Å². The number of amides is 1. The summed E-state index contributed by atoms with van der Waals surface area (Å²) in [5.41, 5.74) is 1.10. The molecule has 0 spiro atoms. The molecule has 1 fully saturated rings. The van der Waals surface area contributed by atoms with Gasteiger partial charge in [-0.2, -0.15) is 0 Å². The first kappa shape index (κ1) is 13.8. The Kier molecular flexibility index (Phi) is 4.03. The minimum atomic E-state index is -0.301. The average Bonchev–Trinajstić information content (AvgIpc) is 2.40. The zero-order chi connectivity index (χ0) is 14.0. The Morgan fingerprint density at radius 2 is 1.84 bits per heavy atom. The van der Waals surface area contributed by atoms with Gasteiger partial charge in [0.2, 0.25) is 5.91 Å². The number of likely N-dealkylation sites (tertiary alicyclic amines) is 1. The van der Waals surface area contributed by atoms with Crippen molar-refractivity contribution in [1.82, 2.24) is 4.90 Å².